The van der Waals surface area contributed by atoms with Crippen molar-refractivity contribution in [2.24, 2.45) is 0 Å². The van der Waals surface area contributed by atoms with Crippen LogP contribution < -0.4 is 0 Å². The van der Waals surface area contributed by atoms with Crippen molar-refractivity contribution in [1.82, 2.24) is 0 Å². The average molecular weight is 220 g/mol. The van der Waals surface area contributed by atoms with Crippen LogP contribution in [0.5, 0.6) is 0 Å². The molecule has 0 unspecified atom stereocenters. The van der Waals surface area contributed by atoms with E-state index in [0.717, 1.165) is 5.75 Å². The van der Waals surface area contributed by atoms with Crippen LogP contribution in [0.3, 0.4) is 0 Å². The number of fused-ring (bicyclic) bond motifs is 1. The Bertz CT molecular complexity index is 221. The van der Waals surface area contributed by atoms with Crippen molar-refractivity contribution in [3.8, 4) is 0 Å². The maximum absolute atomic E-state index is 9.92. The van der Waals surface area contributed by atoms with Crippen molar-refractivity contribution >= 4 is 11.8 Å². The minimum absolute atomic E-state index is 0.0172. The van der Waals surface area contributed by atoms with E-state index in [9.17, 15) is 5.11 Å². The largest absolute Gasteiger partial charge is 0.387 e. The van der Waals surface area contributed by atoms with Crippen molar-refractivity contribution in [2.75, 3.05) is 12.9 Å². The SMILES string of the molecule is CO[C@@H]1SC[C@H]2OC(C)(C)O[C@@H]2[C@H]1O. The fraction of sp³-hybridized carbons (Fsp3) is 1.00. The van der Waals surface area contributed by atoms with Gasteiger partial charge in [-0.25, -0.2) is 0 Å². The molecule has 2 aliphatic heterocycles. The summed E-state index contributed by atoms with van der Waals surface area (Å²) in [6.45, 7) is 3.73. The Morgan fingerprint density at radius 3 is 2.79 bits per heavy atom. The van der Waals surface area contributed by atoms with Crippen LogP contribution in [0, 0.1) is 0 Å². The Hall–Kier alpha value is 0.190. The highest BCUT2D eigenvalue weighted by Crippen LogP contribution is 2.38. The maximum atomic E-state index is 9.92. The second-order valence-electron chi connectivity index (χ2n) is 4.07. The highest BCUT2D eigenvalue weighted by atomic mass is 32.2. The lowest BCUT2D eigenvalue weighted by Gasteiger charge is -2.33. The second kappa shape index (κ2) is 3.64. The molecular weight excluding hydrogens is 204 g/mol. The number of thioether (sulfide) groups is 1. The molecule has 4 atom stereocenters. The molecule has 14 heavy (non-hydrogen) atoms. The first-order valence-electron chi connectivity index (χ1n) is 4.71. The summed E-state index contributed by atoms with van der Waals surface area (Å²) in [6.07, 6.45) is -0.877. The van der Waals surface area contributed by atoms with Crippen LogP contribution >= 0.6 is 11.8 Å². The van der Waals surface area contributed by atoms with Crippen LogP contribution in [0.4, 0.5) is 0 Å². The Morgan fingerprint density at radius 2 is 2.14 bits per heavy atom. The van der Waals surface area contributed by atoms with Crippen LogP contribution in [-0.2, 0) is 14.2 Å². The van der Waals surface area contributed by atoms with Crippen LogP contribution in [0.2, 0.25) is 0 Å². The minimum Gasteiger partial charge on any atom is -0.387 e. The summed E-state index contributed by atoms with van der Waals surface area (Å²) in [5.41, 5.74) is -0.200. The van der Waals surface area contributed by atoms with E-state index in [2.05, 4.69) is 0 Å². The molecule has 0 saturated carbocycles. The van der Waals surface area contributed by atoms with E-state index in [-0.39, 0.29) is 17.6 Å². The molecule has 0 aliphatic carbocycles. The highest BCUT2D eigenvalue weighted by molar-refractivity contribution is 7.99. The lowest BCUT2D eigenvalue weighted by atomic mass is 10.1. The minimum atomic E-state index is -0.606. The first kappa shape index (κ1) is 10.7. The van der Waals surface area contributed by atoms with Crippen LogP contribution in [0.25, 0.3) is 0 Å². The first-order chi connectivity index (χ1) is 6.53. The second-order valence-corrected chi connectivity index (χ2v) is 5.20. The normalized spacial score (nSPS) is 46.3. The molecule has 4 nitrogen and oxygen atoms in total. The zero-order chi connectivity index (χ0) is 10.3. The van der Waals surface area contributed by atoms with E-state index in [4.69, 9.17) is 14.2 Å². The quantitative estimate of drug-likeness (QED) is 0.700. The van der Waals surface area contributed by atoms with Crippen LogP contribution in [-0.4, -0.2) is 47.5 Å². The molecular formula is C9H16O4S. The van der Waals surface area contributed by atoms with Crippen LogP contribution in [0.1, 0.15) is 13.8 Å². The molecule has 2 heterocycles. The molecule has 0 radical (unpaired) electrons. The monoisotopic (exact) mass is 220 g/mol. The molecule has 1 N–H and O–H groups in total. The lowest BCUT2D eigenvalue weighted by molar-refractivity contribution is -0.158. The molecule has 0 aromatic rings. The molecule has 0 spiro atoms. The van der Waals surface area contributed by atoms with Crippen molar-refractivity contribution in [3.63, 3.8) is 0 Å². The fourth-order valence-corrected chi connectivity index (χ4v) is 3.06. The molecule has 2 aliphatic rings. The van der Waals surface area contributed by atoms with Crippen molar-refractivity contribution in [3.05, 3.63) is 0 Å². The predicted molar refractivity (Wildman–Crippen MR) is 53.1 cm³/mol. The Labute approximate surface area is 87.9 Å². The summed E-state index contributed by atoms with van der Waals surface area (Å²) >= 11 is 1.57. The summed E-state index contributed by atoms with van der Waals surface area (Å²) in [5.74, 6) is 0.225. The number of aliphatic hydroxyl groups excluding tert-OH is 1. The molecule has 82 valence electrons. The van der Waals surface area contributed by atoms with Crippen molar-refractivity contribution in [1.29, 1.82) is 0 Å². The highest BCUT2D eigenvalue weighted by Gasteiger charge is 2.50. The van der Waals surface area contributed by atoms with Gasteiger partial charge in [-0.3, -0.25) is 0 Å². The van der Waals surface area contributed by atoms with Gasteiger partial charge in [-0.05, 0) is 13.8 Å². The summed E-state index contributed by atoms with van der Waals surface area (Å²) in [4.78, 5) is 0. The standard InChI is InChI=1S/C9H16O4S/c1-9(2)12-5-4-14-8(11-3)6(10)7(5)13-9/h5-8,10H,4H2,1-3H3/t5-,6-,7+,8-/m1/s1. The van der Waals surface area contributed by atoms with Crippen molar-refractivity contribution in [2.45, 2.75) is 43.4 Å². The van der Waals surface area contributed by atoms with Gasteiger partial charge in [0.1, 0.15) is 17.6 Å². The van der Waals surface area contributed by atoms with E-state index < -0.39 is 11.9 Å². The van der Waals surface area contributed by atoms with Gasteiger partial charge in [0.2, 0.25) is 0 Å². The van der Waals surface area contributed by atoms with Gasteiger partial charge in [0.05, 0.1) is 6.10 Å². The molecule has 0 aromatic heterocycles. The van der Waals surface area contributed by atoms with Gasteiger partial charge in [0.15, 0.2) is 5.79 Å². The topological polar surface area (TPSA) is 47.9 Å². The third-order valence-corrected chi connectivity index (χ3v) is 3.81. The van der Waals surface area contributed by atoms with Gasteiger partial charge in [-0.1, -0.05) is 0 Å². The van der Waals surface area contributed by atoms with E-state index in [1.54, 1.807) is 18.9 Å². The molecule has 0 bridgehead atoms. The number of hydrogen-bond acceptors (Lipinski definition) is 5. The molecule has 2 rings (SSSR count). The number of hydrogen-bond donors (Lipinski definition) is 1. The van der Waals surface area contributed by atoms with E-state index >= 15 is 0 Å². The fourth-order valence-electron chi connectivity index (χ4n) is 1.93. The van der Waals surface area contributed by atoms with E-state index in [1.165, 1.54) is 0 Å². The summed E-state index contributed by atoms with van der Waals surface area (Å²) < 4.78 is 16.4. The molecule has 0 amide bonds. The average Bonchev–Trinajstić information content (AvgIpc) is 2.42. The molecule has 2 saturated heterocycles. The lowest BCUT2D eigenvalue weighted by Crippen LogP contribution is -2.48. The Kier molecular flexibility index (Phi) is 2.79. The van der Waals surface area contributed by atoms with Gasteiger partial charge < -0.3 is 19.3 Å². The van der Waals surface area contributed by atoms with Gasteiger partial charge in [-0.15, -0.1) is 11.8 Å². The smallest absolute Gasteiger partial charge is 0.163 e. The molecule has 2 fully saturated rings. The molecule has 0 aromatic carbocycles. The van der Waals surface area contributed by atoms with Gasteiger partial charge in [-0.2, -0.15) is 0 Å². The molecule has 5 heteroatoms. The van der Waals surface area contributed by atoms with Crippen LogP contribution in [0.15, 0.2) is 0 Å². The van der Waals surface area contributed by atoms with E-state index in [1.807, 2.05) is 13.8 Å². The number of methoxy groups -OCH3 is 1. The third kappa shape index (κ3) is 1.79. The number of aliphatic hydroxyl groups is 1. The zero-order valence-electron chi connectivity index (χ0n) is 8.60. The Balaban J connectivity index is 2.08. The van der Waals surface area contributed by atoms with E-state index in [0.29, 0.717) is 0 Å². The predicted octanol–water partition coefficient (Wildman–Crippen LogP) is 0.587. The summed E-state index contributed by atoms with van der Waals surface area (Å²) in [7, 11) is 1.60. The maximum Gasteiger partial charge on any atom is 0.163 e. The number of ether oxygens (including phenoxy) is 3. The summed E-state index contributed by atoms with van der Waals surface area (Å²) in [5, 5.41) is 9.92. The number of rotatable bonds is 1. The van der Waals surface area contributed by atoms with Crippen molar-refractivity contribution < 1.29 is 19.3 Å². The van der Waals surface area contributed by atoms with Gasteiger partial charge in [0, 0.05) is 12.9 Å². The zero-order valence-corrected chi connectivity index (χ0v) is 9.41. The third-order valence-electron chi connectivity index (χ3n) is 2.49. The Morgan fingerprint density at radius 1 is 1.43 bits per heavy atom. The summed E-state index contributed by atoms with van der Waals surface area (Å²) in [6, 6.07) is 0. The van der Waals surface area contributed by atoms with Gasteiger partial charge >= 0.3 is 0 Å². The van der Waals surface area contributed by atoms with Gasteiger partial charge in [0.25, 0.3) is 0 Å². The first-order valence-corrected chi connectivity index (χ1v) is 5.76.